The molecule has 136 valence electrons. The van der Waals surface area contributed by atoms with Crippen molar-refractivity contribution in [3.63, 3.8) is 0 Å². The molecule has 0 radical (unpaired) electrons. The van der Waals surface area contributed by atoms with Gasteiger partial charge in [-0.15, -0.1) is 0 Å². The van der Waals surface area contributed by atoms with E-state index in [4.69, 9.17) is 20.0 Å². The van der Waals surface area contributed by atoms with Crippen molar-refractivity contribution in [2.45, 2.75) is 18.8 Å². The Kier molecular flexibility index (Phi) is 6.20. The molecule has 11 heteroatoms. The molecule has 25 heavy (non-hydrogen) atoms. The van der Waals surface area contributed by atoms with Gasteiger partial charge in [0.05, 0.1) is 6.54 Å². The number of phenols is 1. The summed E-state index contributed by atoms with van der Waals surface area (Å²) in [6, 6.07) is 2.88. The van der Waals surface area contributed by atoms with Crippen LogP contribution in [0.5, 0.6) is 11.5 Å². The number of likely N-dealkylation sites (tertiary alicyclic amines) is 1. The molecule has 0 aliphatic carbocycles. The Labute approximate surface area is 143 Å². The monoisotopic (exact) mass is 354 g/mol. The zero-order valence-corrected chi connectivity index (χ0v) is 13.3. The van der Waals surface area contributed by atoms with E-state index in [9.17, 15) is 19.8 Å². The Morgan fingerprint density at radius 1 is 1.32 bits per heavy atom. The van der Waals surface area contributed by atoms with Gasteiger partial charge in [0.1, 0.15) is 23.2 Å². The van der Waals surface area contributed by atoms with Gasteiger partial charge in [-0.3, -0.25) is 14.9 Å². The maximum absolute atomic E-state index is 11.4. The third-order valence-corrected chi connectivity index (χ3v) is 3.82. The predicted octanol–water partition coefficient (Wildman–Crippen LogP) is -1.33. The van der Waals surface area contributed by atoms with Crippen LogP contribution in [0.2, 0.25) is 6.32 Å². The molecule has 10 nitrogen and oxygen atoms in total. The molecular weight excluding hydrogens is 335 g/mol. The third-order valence-electron chi connectivity index (χ3n) is 3.82. The highest BCUT2D eigenvalue weighted by atomic mass is 16.5. The highest BCUT2D eigenvalue weighted by Gasteiger charge is 2.31. The van der Waals surface area contributed by atoms with E-state index in [-0.39, 0.29) is 36.7 Å². The number of carboxylic acids is 1. The second-order valence-corrected chi connectivity index (χ2v) is 5.74. The SMILES string of the molecule is O=C(CN1CC(Oc2ccc(CCB(O)O)c(O)c2C(=O)O)C1)NO. The van der Waals surface area contributed by atoms with Crippen LogP contribution in [-0.4, -0.2) is 75.1 Å². The minimum absolute atomic E-state index is 0.00415. The Bertz CT molecular complexity index is 648. The van der Waals surface area contributed by atoms with Crippen LogP contribution in [-0.2, 0) is 11.2 Å². The minimum Gasteiger partial charge on any atom is -0.507 e. The summed E-state index contributed by atoms with van der Waals surface area (Å²) in [5.74, 6) is -2.40. The average molecular weight is 354 g/mol. The van der Waals surface area contributed by atoms with Crippen LogP contribution in [0.25, 0.3) is 0 Å². The van der Waals surface area contributed by atoms with Crippen molar-refractivity contribution < 1.29 is 39.8 Å². The molecule has 0 saturated carbocycles. The van der Waals surface area contributed by atoms with Crippen LogP contribution in [0.4, 0.5) is 0 Å². The maximum Gasteiger partial charge on any atom is 0.451 e. The van der Waals surface area contributed by atoms with Crippen LogP contribution in [0.3, 0.4) is 0 Å². The summed E-state index contributed by atoms with van der Waals surface area (Å²) < 4.78 is 5.57. The summed E-state index contributed by atoms with van der Waals surface area (Å²) in [5.41, 5.74) is 1.40. The van der Waals surface area contributed by atoms with Crippen molar-refractivity contribution in [1.82, 2.24) is 10.4 Å². The minimum atomic E-state index is -1.55. The molecule has 0 unspecified atom stereocenters. The lowest BCUT2D eigenvalue weighted by molar-refractivity contribution is -0.132. The highest BCUT2D eigenvalue weighted by molar-refractivity contribution is 6.41. The number of carboxylic acid groups (broad SMARTS) is 1. The smallest absolute Gasteiger partial charge is 0.451 e. The van der Waals surface area contributed by atoms with Crippen LogP contribution in [0.1, 0.15) is 15.9 Å². The van der Waals surface area contributed by atoms with E-state index in [1.54, 1.807) is 4.90 Å². The molecule has 0 atom stereocenters. The number of rotatable bonds is 8. The summed E-state index contributed by atoms with van der Waals surface area (Å²) in [7, 11) is -1.55. The number of ether oxygens (including phenoxy) is 1. The fraction of sp³-hybridized carbons (Fsp3) is 0.429. The fourth-order valence-corrected chi connectivity index (χ4v) is 2.55. The lowest BCUT2D eigenvalue weighted by Gasteiger charge is -2.38. The van der Waals surface area contributed by atoms with Crippen LogP contribution in [0.15, 0.2) is 12.1 Å². The molecule has 1 aliphatic heterocycles. The van der Waals surface area contributed by atoms with Gasteiger partial charge in [0.15, 0.2) is 0 Å². The molecular formula is C14H19BN2O8. The fourth-order valence-electron chi connectivity index (χ4n) is 2.55. The largest absolute Gasteiger partial charge is 0.507 e. The summed E-state index contributed by atoms with van der Waals surface area (Å²) >= 11 is 0. The Morgan fingerprint density at radius 3 is 2.56 bits per heavy atom. The Balaban J connectivity index is 2.05. The summed E-state index contributed by atoms with van der Waals surface area (Å²) in [4.78, 5) is 24.2. The van der Waals surface area contributed by atoms with Gasteiger partial charge in [-0.05, 0) is 24.4 Å². The van der Waals surface area contributed by atoms with E-state index in [0.29, 0.717) is 13.1 Å². The molecule has 0 aromatic heterocycles. The number of aromatic hydroxyl groups is 1. The number of hydrogen-bond donors (Lipinski definition) is 6. The van der Waals surface area contributed by atoms with E-state index < -0.39 is 30.3 Å². The van der Waals surface area contributed by atoms with Gasteiger partial charge in [0.2, 0.25) is 0 Å². The molecule has 1 amide bonds. The van der Waals surface area contributed by atoms with E-state index in [1.807, 2.05) is 0 Å². The number of hydrogen-bond acceptors (Lipinski definition) is 8. The molecule has 1 aromatic rings. The molecule has 1 fully saturated rings. The molecule has 1 aromatic carbocycles. The zero-order chi connectivity index (χ0) is 18.6. The molecule has 1 saturated heterocycles. The van der Waals surface area contributed by atoms with E-state index in [2.05, 4.69) is 0 Å². The first-order valence-electron chi connectivity index (χ1n) is 7.58. The average Bonchev–Trinajstić information content (AvgIpc) is 2.51. The van der Waals surface area contributed by atoms with Crippen molar-refractivity contribution in [3.8, 4) is 11.5 Å². The van der Waals surface area contributed by atoms with Crippen molar-refractivity contribution in [3.05, 3.63) is 23.3 Å². The quantitative estimate of drug-likeness (QED) is 0.189. The van der Waals surface area contributed by atoms with Gasteiger partial charge in [-0.2, -0.15) is 0 Å². The van der Waals surface area contributed by atoms with Gasteiger partial charge in [0.25, 0.3) is 5.91 Å². The lowest BCUT2D eigenvalue weighted by atomic mass is 9.82. The summed E-state index contributed by atoms with van der Waals surface area (Å²) in [6.07, 6.45) is -0.302. The summed E-state index contributed by atoms with van der Waals surface area (Å²) in [6.45, 7) is 0.729. The molecule has 1 aliphatic rings. The number of nitrogens with one attached hydrogen (secondary N) is 1. The number of carbonyl (C=O) groups excluding carboxylic acids is 1. The van der Waals surface area contributed by atoms with Gasteiger partial charge in [-0.1, -0.05) is 6.07 Å². The van der Waals surface area contributed by atoms with Crippen LogP contribution < -0.4 is 10.2 Å². The van der Waals surface area contributed by atoms with E-state index in [1.165, 1.54) is 17.6 Å². The normalized spacial score (nSPS) is 14.7. The zero-order valence-electron chi connectivity index (χ0n) is 13.3. The Hall–Kier alpha value is -2.34. The van der Waals surface area contributed by atoms with Gasteiger partial charge >= 0.3 is 13.1 Å². The third kappa shape index (κ3) is 4.83. The van der Waals surface area contributed by atoms with Crippen LogP contribution >= 0.6 is 0 Å². The van der Waals surface area contributed by atoms with Crippen LogP contribution in [0, 0.1) is 0 Å². The number of carbonyl (C=O) groups is 2. The lowest BCUT2D eigenvalue weighted by Crippen LogP contribution is -2.56. The molecule has 2 rings (SSSR count). The first-order valence-corrected chi connectivity index (χ1v) is 7.58. The predicted molar refractivity (Wildman–Crippen MR) is 84.6 cm³/mol. The number of aryl methyl sites for hydroxylation is 1. The first kappa shape index (κ1) is 19.0. The van der Waals surface area contributed by atoms with Gasteiger partial charge < -0.3 is 25.0 Å². The van der Waals surface area contributed by atoms with Gasteiger partial charge in [0, 0.05) is 13.1 Å². The van der Waals surface area contributed by atoms with Gasteiger partial charge in [-0.25, -0.2) is 10.3 Å². The molecule has 1 heterocycles. The standard InChI is InChI=1S/C14H19BN2O8/c18-11(16-24)7-17-5-9(6-17)25-10-2-1-8(3-4-15(22)23)13(19)12(10)14(20)21/h1-2,9,19,22-24H,3-7H2,(H,16,18)(H,20,21). The summed E-state index contributed by atoms with van der Waals surface area (Å²) in [5, 5.41) is 45.7. The van der Waals surface area contributed by atoms with Crippen molar-refractivity contribution >= 4 is 19.0 Å². The maximum atomic E-state index is 11.4. The van der Waals surface area contributed by atoms with Crippen molar-refractivity contribution in [1.29, 1.82) is 0 Å². The molecule has 0 spiro atoms. The van der Waals surface area contributed by atoms with E-state index in [0.717, 1.165) is 0 Å². The van der Waals surface area contributed by atoms with Crippen molar-refractivity contribution in [2.24, 2.45) is 0 Å². The number of amides is 1. The number of nitrogens with zero attached hydrogens (tertiary/aromatic N) is 1. The second kappa shape index (κ2) is 8.16. The van der Waals surface area contributed by atoms with E-state index >= 15 is 0 Å². The van der Waals surface area contributed by atoms with Crippen molar-refractivity contribution in [2.75, 3.05) is 19.6 Å². The number of aromatic carboxylic acids is 1. The first-order chi connectivity index (χ1) is 11.8. The molecule has 0 bridgehead atoms. The highest BCUT2D eigenvalue weighted by Crippen LogP contribution is 2.33. The number of hydroxylamine groups is 1. The molecule has 6 N–H and O–H groups in total. The topological polar surface area (TPSA) is 160 Å². The Morgan fingerprint density at radius 2 is 2.00 bits per heavy atom. The number of benzene rings is 1. The second-order valence-electron chi connectivity index (χ2n) is 5.74.